The van der Waals surface area contributed by atoms with Gasteiger partial charge in [-0.1, -0.05) is 12.1 Å². The first-order chi connectivity index (χ1) is 9.92. The van der Waals surface area contributed by atoms with Crippen LogP contribution >= 0.6 is 12.4 Å². The van der Waals surface area contributed by atoms with Crippen molar-refractivity contribution in [1.29, 1.82) is 0 Å². The average molecular weight is 341 g/mol. The molecule has 1 aliphatic rings. The van der Waals surface area contributed by atoms with Crippen LogP contribution in [0.2, 0.25) is 0 Å². The first-order valence-electron chi connectivity index (χ1n) is 6.80. The van der Waals surface area contributed by atoms with Crippen LogP contribution in [0, 0.1) is 0 Å². The topological polar surface area (TPSA) is 44.7 Å². The monoisotopic (exact) mass is 340 g/mol. The SMILES string of the molecule is COc1cccc([C@H](CC(F)(F)F)N2CCNCC2)c1O.Cl. The molecular weight excluding hydrogens is 321 g/mol. The number of piperazine rings is 1. The molecule has 2 rings (SSSR count). The Kier molecular flexibility index (Phi) is 6.77. The Morgan fingerprint density at radius 2 is 1.95 bits per heavy atom. The van der Waals surface area contributed by atoms with Gasteiger partial charge in [0.05, 0.1) is 13.5 Å². The average Bonchev–Trinajstić information content (AvgIpc) is 2.45. The minimum atomic E-state index is -4.30. The zero-order valence-corrected chi connectivity index (χ0v) is 13.0. The molecule has 0 spiro atoms. The largest absolute Gasteiger partial charge is 0.504 e. The smallest absolute Gasteiger partial charge is 0.390 e. The van der Waals surface area contributed by atoms with Gasteiger partial charge >= 0.3 is 6.18 Å². The quantitative estimate of drug-likeness (QED) is 0.884. The van der Waals surface area contributed by atoms with Crippen LogP contribution in [-0.2, 0) is 0 Å². The Morgan fingerprint density at radius 1 is 1.32 bits per heavy atom. The number of hydrogen-bond donors (Lipinski definition) is 2. The minimum absolute atomic E-state index is 0. The van der Waals surface area contributed by atoms with Crippen LogP contribution in [0.3, 0.4) is 0 Å². The normalized spacial score (nSPS) is 17.6. The van der Waals surface area contributed by atoms with Crippen LogP contribution in [0.1, 0.15) is 18.0 Å². The summed E-state index contributed by atoms with van der Waals surface area (Å²) in [5, 5.41) is 13.3. The molecule has 4 nitrogen and oxygen atoms in total. The van der Waals surface area contributed by atoms with Crippen molar-refractivity contribution in [3.05, 3.63) is 23.8 Å². The number of nitrogens with zero attached hydrogens (tertiary/aromatic N) is 1. The predicted octanol–water partition coefficient (Wildman–Crippen LogP) is 2.72. The van der Waals surface area contributed by atoms with Gasteiger partial charge in [0.2, 0.25) is 0 Å². The Balaban J connectivity index is 0.00000242. The van der Waals surface area contributed by atoms with Crippen molar-refractivity contribution in [2.75, 3.05) is 33.3 Å². The fraction of sp³-hybridized carbons (Fsp3) is 0.571. The third-order valence-electron chi connectivity index (χ3n) is 3.63. The molecule has 1 atom stereocenters. The van der Waals surface area contributed by atoms with Crippen molar-refractivity contribution >= 4 is 12.4 Å². The second-order valence-corrected chi connectivity index (χ2v) is 5.02. The maximum Gasteiger partial charge on any atom is 0.390 e. The summed E-state index contributed by atoms with van der Waals surface area (Å²) >= 11 is 0. The van der Waals surface area contributed by atoms with Gasteiger partial charge in [-0.15, -0.1) is 12.4 Å². The molecule has 126 valence electrons. The molecule has 1 aromatic carbocycles. The third-order valence-corrected chi connectivity index (χ3v) is 3.63. The van der Waals surface area contributed by atoms with Crippen LogP contribution < -0.4 is 10.1 Å². The van der Waals surface area contributed by atoms with Crippen molar-refractivity contribution < 1.29 is 23.0 Å². The fourth-order valence-electron chi connectivity index (χ4n) is 2.62. The van der Waals surface area contributed by atoms with Crippen molar-refractivity contribution in [1.82, 2.24) is 10.2 Å². The Hall–Kier alpha value is -1.18. The number of aromatic hydroxyl groups is 1. The van der Waals surface area contributed by atoms with Crippen LogP contribution in [0.5, 0.6) is 11.5 Å². The van der Waals surface area contributed by atoms with E-state index >= 15 is 0 Å². The molecule has 22 heavy (non-hydrogen) atoms. The fourth-order valence-corrected chi connectivity index (χ4v) is 2.62. The van der Waals surface area contributed by atoms with E-state index in [2.05, 4.69) is 5.32 Å². The van der Waals surface area contributed by atoms with Gasteiger partial charge in [-0.2, -0.15) is 13.2 Å². The van der Waals surface area contributed by atoms with Gasteiger partial charge in [-0.05, 0) is 6.07 Å². The number of alkyl halides is 3. The van der Waals surface area contributed by atoms with E-state index in [1.807, 2.05) is 0 Å². The lowest BCUT2D eigenvalue weighted by Gasteiger charge is -2.36. The standard InChI is InChI=1S/C14H19F3N2O2.ClH/c1-21-12-4-2-3-10(13(12)20)11(9-14(15,16)17)19-7-5-18-6-8-19;/h2-4,11,18,20H,5-9H2,1H3;1H/t11-;/m0./s1. The van der Waals surface area contributed by atoms with E-state index in [0.29, 0.717) is 26.2 Å². The first-order valence-corrected chi connectivity index (χ1v) is 6.80. The molecule has 1 fully saturated rings. The number of phenols is 1. The number of hydrogen-bond acceptors (Lipinski definition) is 4. The van der Waals surface area contributed by atoms with Crippen LogP contribution in [-0.4, -0.2) is 49.5 Å². The zero-order chi connectivity index (χ0) is 15.5. The summed E-state index contributed by atoms with van der Waals surface area (Å²) in [5.41, 5.74) is 0.258. The highest BCUT2D eigenvalue weighted by Crippen LogP contribution is 2.41. The third kappa shape index (κ3) is 4.66. The van der Waals surface area contributed by atoms with Gasteiger partial charge in [-0.25, -0.2) is 0 Å². The van der Waals surface area contributed by atoms with Crippen LogP contribution in [0.25, 0.3) is 0 Å². The molecule has 1 heterocycles. The minimum Gasteiger partial charge on any atom is -0.504 e. The summed E-state index contributed by atoms with van der Waals surface area (Å²) in [6, 6.07) is 3.75. The molecule has 0 saturated carbocycles. The zero-order valence-electron chi connectivity index (χ0n) is 12.2. The lowest BCUT2D eigenvalue weighted by Crippen LogP contribution is -2.46. The molecule has 0 aliphatic carbocycles. The molecule has 2 N–H and O–H groups in total. The molecule has 1 aliphatic heterocycles. The highest BCUT2D eigenvalue weighted by Gasteiger charge is 2.37. The van der Waals surface area contributed by atoms with Crippen molar-refractivity contribution in [3.63, 3.8) is 0 Å². The van der Waals surface area contributed by atoms with Gasteiger partial charge in [-0.3, -0.25) is 4.90 Å². The first kappa shape index (κ1) is 18.9. The second-order valence-electron chi connectivity index (χ2n) is 5.02. The van der Waals surface area contributed by atoms with Crippen molar-refractivity contribution in [2.45, 2.75) is 18.6 Å². The molecule has 0 bridgehead atoms. The summed E-state index contributed by atoms with van der Waals surface area (Å²) < 4.78 is 43.7. The lowest BCUT2D eigenvalue weighted by molar-refractivity contribution is -0.148. The molecule has 8 heteroatoms. The highest BCUT2D eigenvalue weighted by atomic mass is 35.5. The van der Waals surface area contributed by atoms with Crippen molar-refractivity contribution in [3.8, 4) is 11.5 Å². The van der Waals surface area contributed by atoms with Crippen LogP contribution in [0.15, 0.2) is 18.2 Å². The molecule has 1 aromatic rings. The van der Waals surface area contributed by atoms with Gasteiger partial charge in [0.1, 0.15) is 0 Å². The molecular formula is C14H20ClF3N2O2. The van der Waals surface area contributed by atoms with E-state index < -0.39 is 18.6 Å². The summed E-state index contributed by atoms with van der Waals surface area (Å²) in [7, 11) is 1.38. The predicted molar refractivity (Wildman–Crippen MR) is 79.8 cm³/mol. The number of nitrogens with one attached hydrogen (secondary N) is 1. The second kappa shape index (κ2) is 7.89. The van der Waals surface area contributed by atoms with Crippen LogP contribution in [0.4, 0.5) is 13.2 Å². The van der Waals surface area contributed by atoms with E-state index in [9.17, 15) is 18.3 Å². The number of phenolic OH excluding ortho intramolecular Hbond substituents is 1. The Bertz CT molecular complexity index is 480. The number of methoxy groups -OCH3 is 1. The van der Waals surface area contributed by atoms with E-state index in [0.717, 1.165) is 0 Å². The number of benzene rings is 1. The van der Waals surface area contributed by atoms with Gasteiger partial charge < -0.3 is 15.2 Å². The van der Waals surface area contributed by atoms with E-state index in [-0.39, 0.29) is 29.5 Å². The summed E-state index contributed by atoms with van der Waals surface area (Å²) in [6.07, 6.45) is -5.29. The summed E-state index contributed by atoms with van der Waals surface area (Å²) in [4.78, 5) is 1.75. The van der Waals surface area contributed by atoms with Crippen molar-refractivity contribution in [2.24, 2.45) is 0 Å². The molecule has 1 saturated heterocycles. The van der Waals surface area contributed by atoms with Gasteiger partial charge in [0.15, 0.2) is 11.5 Å². The highest BCUT2D eigenvalue weighted by molar-refractivity contribution is 5.85. The number of halogens is 4. The summed E-state index contributed by atoms with van der Waals surface area (Å²) in [6.45, 7) is 2.30. The molecule has 0 unspecified atom stereocenters. The van der Waals surface area contributed by atoms with E-state index in [1.54, 1.807) is 11.0 Å². The lowest BCUT2D eigenvalue weighted by atomic mass is 9.99. The number of ether oxygens (including phenoxy) is 1. The Labute approximate surface area is 133 Å². The summed E-state index contributed by atoms with van der Waals surface area (Å²) in [5.74, 6) is -0.0254. The van der Waals surface area contributed by atoms with E-state index in [4.69, 9.17) is 4.74 Å². The number of rotatable bonds is 4. The molecule has 0 radical (unpaired) electrons. The van der Waals surface area contributed by atoms with E-state index in [1.165, 1.54) is 19.2 Å². The maximum absolute atomic E-state index is 12.9. The molecule has 0 aromatic heterocycles. The van der Waals surface area contributed by atoms with Gasteiger partial charge in [0, 0.05) is 37.8 Å². The maximum atomic E-state index is 12.9. The number of para-hydroxylation sites is 1. The van der Waals surface area contributed by atoms with Gasteiger partial charge in [0.25, 0.3) is 0 Å². The molecule has 0 amide bonds. The Morgan fingerprint density at radius 3 is 2.50 bits per heavy atom.